The maximum Gasteiger partial charge on any atom is 0.166 e. The van der Waals surface area contributed by atoms with Crippen LogP contribution < -0.4 is 0 Å². The summed E-state index contributed by atoms with van der Waals surface area (Å²) in [5.41, 5.74) is 1.89. The Kier molecular flexibility index (Phi) is 10.0. The van der Waals surface area contributed by atoms with Crippen molar-refractivity contribution in [2.45, 2.75) is 117 Å². The van der Waals surface area contributed by atoms with E-state index in [0.29, 0.717) is 11.1 Å². The second-order valence-electron chi connectivity index (χ2n) is 12.0. The molecule has 0 spiro atoms. The van der Waals surface area contributed by atoms with Crippen molar-refractivity contribution in [3.63, 3.8) is 0 Å². The zero-order valence-corrected chi connectivity index (χ0v) is 22.3. The van der Waals surface area contributed by atoms with Crippen LogP contribution >= 0.6 is 0 Å². The average molecular weight is 483 g/mol. The first kappa shape index (κ1) is 26.6. The van der Waals surface area contributed by atoms with Crippen LogP contribution in [0.5, 0.6) is 0 Å². The number of rotatable bonds is 9. The van der Waals surface area contributed by atoms with E-state index < -0.39 is 11.6 Å². The van der Waals surface area contributed by atoms with Crippen LogP contribution in [-0.4, -0.2) is 0 Å². The van der Waals surface area contributed by atoms with Crippen LogP contribution in [0.15, 0.2) is 30.4 Å². The summed E-state index contributed by atoms with van der Waals surface area (Å²) in [5, 5.41) is 0. The lowest BCUT2D eigenvalue weighted by atomic mass is 9.65. The molecule has 0 aromatic heterocycles. The molecular weight excluding hydrogens is 434 g/mol. The molecule has 0 bridgehead atoms. The smallest absolute Gasteiger partial charge is 0.166 e. The fourth-order valence-electron chi connectivity index (χ4n) is 7.32. The number of hydrogen-bond acceptors (Lipinski definition) is 0. The molecule has 35 heavy (non-hydrogen) atoms. The molecule has 4 rings (SSSR count). The highest BCUT2D eigenvalue weighted by atomic mass is 19.2. The molecule has 1 aromatic rings. The molecule has 0 N–H and O–H groups in total. The van der Waals surface area contributed by atoms with Gasteiger partial charge in [0, 0.05) is 5.56 Å². The van der Waals surface area contributed by atoms with Crippen LogP contribution in [0, 0.1) is 48.1 Å². The topological polar surface area (TPSA) is 0 Å². The fourth-order valence-corrected chi connectivity index (χ4v) is 7.32. The number of allylic oxidation sites excluding steroid dienone is 4. The van der Waals surface area contributed by atoms with Crippen molar-refractivity contribution in [3.05, 3.63) is 53.1 Å². The zero-order valence-electron chi connectivity index (χ0n) is 22.3. The normalized spacial score (nSPS) is 29.9. The Balaban J connectivity index is 1.17. The highest BCUT2D eigenvalue weighted by molar-refractivity contribution is 5.67. The van der Waals surface area contributed by atoms with E-state index in [1.807, 2.05) is 0 Å². The van der Waals surface area contributed by atoms with Crippen LogP contribution in [0.25, 0.3) is 5.57 Å². The summed E-state index contributed by atoms with van der Waals surface area (Å²) in [6.45, 7) is 3.90. The van der Waals surface area contributed by atoms with Crippen LogP contribution in [0.4, 0.5) is 8.78 Å². The molecule has 1 atom stereocenters. The Hall–Kier alpha value is -1.44. The first-order valence-corrected chi connectivity index (χ1v) is 14.9. The Morgan fingerprint density at radius 2 is 1.43 bits per heavy atom. The van der Waals surface area contributed by atoms with Gasteiger partial charge in [0.05, 0.1) is 0 Å². The third kappa shape index (κ3) is 7.07. The summed E-state index contributed by atoms with van der Waals surface area (Å²) >= 11 is 0. The third-order valence-electron chi connectivity index (χ3n) is 9.72. The standard InChI is InChI=1S/C33H48F2/c1-3-4-5-6-7-8-9-25-11-13-26(14-12-25)27-15-17-28(18-16-27)29-19-21-30(22-20-29)31-23-10-24(2)32(34)33(31)35/h7-8,10,21,23,25-29H,3-6,9,11-20,22H2,1-2H3/b8-7-. The Morgan fingerprint density at radius 3 is 2.06 bits per heavy atom. The van der Waals surface area contributed by atoms with E-state index in [-0.39, 0.29) is 0 Å². The lowest BCUT2D eigenvalue weighted by Crippen LogP contribution is -2.28. The SMILES string of the molecule is CCCCC/C=C\CC1CCC(C2CCC(C3CC=C(c4ccc(C)c(F)c4F)CC3)CC2)CC1. The van der Waals surface area contributed by atoms with E-state index in [0.717, 1.165) is 54.4 Å². The summed E-state index contributed by atoms with van der Waals surface area (Å²) in [7, 11) is 0. The Bertz CT molecular complexity index is 850. The van der Waals surface area contributed by atoms with Crippen LogP contribution in [0.2, 0.25) is 0 Å². The third-order valence-corrected chi connectivity index (χ3v) is 9.72. The van der Waals surface area contributed by atoms with Gasteiger partial charge in [-0.05, 0) is 138 Å². The van der Waals surface area contributed by atoms with Gasteiger partial charge in [-0.3, -0.25) is 0 Å². The number of unbranched alkanes of at least 4 members (excludes halogenated alkanes) is 3. The molecule has 3 aliphatic rings. The van der Waals surface area contributed by atoms with Crippen molar-refractivity contribution in [3.8, 4) is 0 Å². The molecule has 194 valence electrons. The maximum absolute atomic E-state index is 14.4. The van der Waals surface area contributed by atoms with Crippen LogP contribution in [0.3, 0.4) is 0 Å². The second-order valence-corrected chi connectivity index (χ2v) is 12.0. The summed E-state index contributed by atoms with van der Waals surface area (Å²) in [5.74, 6) is 3.08. The van der Waals surface area contributed by atoms with Crippen molar-refractivity contribution in [2.24, 2.45) is 29.6 Å². The fraction of sp³-hybridized carbons (Fsp3) is 0.697. The van der Waals surface area contributed by atoms with Gasteiger partial charge in [-0.25, -0.2) is 8.78 Å². The number of aryl methyl sites for hydroxylation is 1. The monoisotopic (exact) mass is 482 g/mol. The van der Waals surface area contributed by atoms with E-state index >= 15 is 0 Å². The molecule has 3 aliphatic carbocycles. The van der Waals surface area contributed by atoms with Gasteiger partial charge in [-0.1, -0.05) is 50.1 Å². The Morgan fingerprint density at radius 1 is 0.771 bits per heavy atom. The van der Waals surface area contributed by atoms with Crippen molar-refractivity contribution < 1.29 is 8.78 Å². The lowest BCUT2D eigenvalue weighted by Gasteiger charge is -2.40. The van der Waals surface area contributed by atoms with E-state index in [2.05, 4.69) is 25.2 Å². The molecule has 0 saturated heterocycles. The molecule has 0 amide bonds. The predicted octanol–water partition coefficient (Wildman–Crippen LogP) is 10.6. The number of halogens is 2. The minimum Gasteiger partial charge on any atom is -0.203 e. The summed E-state index contributed by atoms with van der Waals surface area (Å²) in [4.78, 5) is 0. The van der Waals surface area contributed by atoms with Gasteiger partial charge in [0.15, 0.2) is 11.6 Å². The lowest BCUT2D eigenvalue weighted by molar-refractivity contribution is 0.123. The van der Waals surface area contributed by atoms with Crippen LogP contribution in [-0.2, 0) is 0 Å². The van der Waals surface area contributed by atoms with Crippen molar-refractivity contribution in [1.82, 2.24) is 0 Å². The molecule has 0 heterocycles. The highest BCUT2D eigenvalue weighted by Gasteiger charge is 2.33. The molecule has 1 aromatic carbocycles. The highest BCUT2D eigenvalue weighted by Crippen LogP contribution is 2.46. The second kappa shape index (κ2) is 13.2. The first-order chi connectivity index (χ1) is 17.1. The van der Waals surface area contributed by atoms with E-state index in [1.54, 1.807) is 19.1 Å². The summed E-state index contributed by atoms with van der Waals surface area (Å²) < 4.78 is 28.5. The quantitative estimate of drug-likeness (QED) is 0.242. The molecule has 0 radical (unpaired) electrons. The number of benzene rings is 1. The molecule has 2 fully saturated rings. The van der Waals surface area contributed by atoms with E-state index in [4.69, 9.17) is 0 Å². The van der Waals surface area contributed by atoms with Crippen molar-refractivity contribution in [2.75, 3.05) is 0 Å². The van der Waals surface area contributed by atoms with Gasteiger partial charge in [0.1, 0.15) is 0 Å². The van der Waals surface area contributed by atoms with E-state index in [1.165, 1.54) is 83.5 Å². The number of hydrogen-bond donors (Lipinski definition) is 0. The first-order valence-electron chi connectivity index (χ1n) is 14.9. The molecule has 0 nitrogen and oxygen atoms in total. The van der Waals surface area contributed by atoms with Gasteiger partial charge in [0.25, 0.3) is 0 Å². The minimum absolute atomic E-state index is 0.389. The molecule has 1 unspecified atom stereocenters. The maximum atomic E-state index is 14.4. The average Bonchev–Trinajstić information content (AvgIpc) is 2.90. The van der Waals surface area contributed by atoms with Crippen molar-refractivity contribution in [1.29, 1.82) is 0 Å². The molecular formula is C33H48F2. The molecule has 0 aliphatic heterocycles. The van der Waals surface area contributed by atoms with Gasteiger partial charge >= 0.3 is 0 Å². The molecule has 2 heteroatoms. The molecule has 2 saturated carbocycles. The van der Waals surface area contributed by atoms with Crippen LogP contribution in [0.1, 0.15) is 121 Å². The predicted molar refractivity (Wildman–Crippen MR) is 145 cm³/mol. The van der Waals surface area contributed by atoms with Gasteiger partial charge in [0.2, 0.25) is 0 Å². The zero-order chi connectivity index (χ0) is 24.6. The van der Waals surface area contributed by atoms with Gasteiger partial charge in [-0.15, -0.1) is 0 Å². The van der Waals surface area contributed by atoms with Crippen molar-refractivity contribution >= 4 is 5.57 Å². The Labute approximate surface area is 213 Å². The van der Waals surface area contributed by atoms with Gasteiger partial charge in [-0.2, -0.15) is 0 Å². The summed E-state index contributed by atoms with van der Waals surface area (Å²) in [6.07, 6.45) is 28.2. The summed E-state index contributed by atoms with van der Waals surface area (Å²) in [6, 6.07) is 3.48. The van der Waals surface area contributed by atoms with E-state index in [9.17, 15) is 8.78 Å². The van der Waals surface area contributed by atoms with Gasteiger partial charge < -0.3 is 0 Å². The minimum atomic E-state index is -0.684. The largest absolute Gasteiger partial charge is 0.203 e.